The van der Waals surface area contributed by atoms with E-state index in [4.69, 9.17) is 11.6 Å². The molecule has 0 fully saturated rings. The van der Waals surface area contributed by atoms with Crippen molar-refractivity contribution in [3.63, 3.8) is 0 Å². The van der Waals surface area contributed by atoms with E-state index in [-0.39, 0.29) is 5.75 Å². The van der Waals surface area contributed by atoms with Crippen molar-refractivity contribution < 1.29 is 5.11 Å². The van der Waals surface area contributed by atoms with Crippen LogP contribution in [0.4, 0.5) is 0 Å². The number of imidazole rings is 1. The van der Waals surface area contributed by atoms with Gasteiger partial charge in [-0.25, -0.2) is 4.98 Å². The fourth-order valence-electron chi connectivity index (χ4n) is 1.93. The molecule has 0 aliphatic rings. The molecule has 3 aromatic rings. The summed E-state index contributed by atoms with van der Waals surface area (Å²) in [5.41, 5.74) is 2.36. The van der Waals surface area contributed by atoms with E-state index in [1.165, 1.54) is 0 Å². The van der Waals surface area contributed by atoms with Gasteiger partial charge in [0, 0.05) is 26.9 Å². The van der Waals surface area contributed by atoms with Gasteiger partial charge in [-0.15, -0.1) is 0 Å². The Morgan fingerprint density at radius 1 is 1.10 bits per heavy atom. The third-order valence-corrected chi connectivity index (χ3v) is 3.69. The lowest BCUT2D eigenvalue weighted by Crippen LogP contribution is -1.88. The van der Waals surface area contributed by atoms with Crippen molar-refractivity contribution in [1.29, 1.82) is 0 Å². The second-order valence-electron chi connectivity index (χ2n) is 4.30. The quantitative estimate of drug-likeness (QED) is 0.730. The summed E-state index contributed by atoms with van der Waals surface area (Å²) >= 11 is 9.27. The summed E-state index contributed by atoms with van der Waals surface area (Å²) < 4.78 is 2.78. The minimum atomic E-state index is 0.203. The minimum absolute atomic E-state index is 0.203. The summed E-state index contributed by atoms with van der Waals surface area (Å²) in [5.74, 6) is 0.203. The number of nitrogens with zero attached hydrogens (tertiary/aromatic N) is 2. The van der Waals surface area contributed by atoms with Crippen LogP contribution in [0.1, 0.15) is 0 Å². The SMILES string of the molecule is Oc1ccc(Br)cc1-c1cn(-c2ccc(Cl)cc2)cn1. The molecule has 0 radical (unpaired) electrons. The largest absolute Gasteiger partial charge is 0.507 e. The maximum atomic E-state index is 9.92. The zero-order valence-corrected chi connectivity index (χ0v) is 12.6. The first-order chi connectivity index (χ1) is 9.63. The van der Waals surface area contributed by atoms with Gasteiger partial charge in [-0.3, -0.25) is 0 Å². The summed E-state index contributed by atoms with van der Waals surface area (Å²) in [6.07, 6.45) is 3.57. The highest BCUT2D eigenvalue weighted by Gasteiger charge is 2.09. The molecule has 0 atom stereocenters. The standard InChI is InChI=1S/C15H10BrClN2O/c16-10-1-6-15(20)13(7-10)14-8-19(9-18-14)12-4-2-11(17)3-5-12/h1-9,20H. The maximum absolute atomic E-state index is 9.92. The lowest BCUT2D eigenvalue weighted by atomic mass is 10.1. The fraction of sp³-hybridized carbons (Fsp3) is 0. The van der Waals surface area contributed by atoms with Crippen LogP contribution in [0.25, 0.3) is 16.9 Å². The van der Waals surface area contributed by atoms with Crippen LogP contribution in [-0.2, 0) is 0 Å². The molecule has 0 aliphatic heterocycles. The van der Waals surface area contributed by atoms with E-state index >= 15 is 0 Å². The molecule has 0 bridgehead atoms. The Morgan fingerprint density at radius 2 is 1.85 bits per heavy atom. The van der Waals surface area contributed by atoms with Crippen LogP contribution in [0, 0.1) is 0 Å². The molecule has 2 aromatic carbocycles. The van der Waals surface area contributed by atoms with Gasteiger partial charge in [0.1, 0.15) is 5.75 Å². The van der Waals surface area contributed by atoms with Crippen LogP contribution in [0.3, 0.4) is 0 Å². The Balaban J connectivity index is 2.01. The number of aromatic nitrogens is 2. The molecule has 0 spiro atoms. The number of aromatic hydroxyl groups is 1. The van der Waals surface area contributed by atoms with E-state index in [9.17, 15) is 5.11 Å². The van der Waals surface area contributed by atoms with Crippen LogP contribution < -0.4 is 0 Å². The Kier molecular flexibility index (Phi) is 3.51. The van der Waals surface area contributed by atoms with Gasteiger partial charge >= 0.3 is 0 Å². The van der Waals surface area contributed by atoms with Gasteiger partial charge in [0.2, 0.25) is 0 Å². The van der Waals surface area contributed by atoms with Gasteiger partial charge < -0.3 is 9.67 Å². The second-order valence-corrected chi connectivity index (χ2v) is 5.66. The highest BCUT2D eigenvalue weighted by atomic mass is 79.9. The number of benzene rings is 2. The van der Waals surface area contributed by atoms with Crippen molar-refractivity contribution in [1.82, 2.24) is 9.55 Å². The summed E-state index contributed by atoms with van der Waals surface area (Å²) in [4.78, 5) is 4.34. The van der Waals surface area contributed by atoms with Crippen LogP contribution in [0.5, 0.6) is 5.75 Å². The second kappa shape index (κ2) is 5.31. The molecule has 20 heavy (non-hydrogen) atoms. The van der Waals surface area contributed by atoms with Crippen LogP contribution in [0.2, 0.25) is 5.02 Å². The van der Waals surface area contributed by atoms with E-state index in [1.807, 2.05) is 41.1 Å². The van der Waals surface area contributed by atoms with E-state index in [0.29, 0.717) is 16.3 Å². The predicted octanol–water partition coefficient (Wildman–Crippen LogP) is 4.66. The molecular formula is C15H10BrClN2O. The molecule has 5 heteroatoms. The van der Waals surface area contributed by atoms with Crippen molar-refractivity contribution in [3.8, 4) is 22.7 Å². The molecule has 0 saturated heterocycles. The average Bonchev–Trinajstić information content (AvgIpc) is 2.92. The van der Waals surface area contributed by atoms with Crippen molar-refractivity contribution in [3.05, 3.63) is 64.5 Å². The molecule has 3 rings (SSSR count). The molecule has 0 aliphatic carbocycles. The van der Waals surface area contributed by atoms with Crippen molar-refractivity contribution >= 4 is 27.5 Å². The maximum Gasteiger partial charge on any atom is 0.125 e. The van der Waals surface area contributed by atoms with E-state index in [0.717, 1.165) is 10.2 Å². The topological polar surface area (TPSA) is 38.0 Å². The smallest absolute Gasteiger partial charge is 0.125 e. The van der Waals surface area contributed by atoms with Crippen LogP contribution >= 0.6 is 27.5 Å². The van der Waals surface area contributed by atoms with Crippen molar-refractivity contribution in [2.24, 2.45) is 0 Å². The molecule has 100 valence electrons. The summed E-state index contributed by atoms with van der Waals surface area (Å²) in [7, 11) is 0. The zero-order valence-electron chi connectivity index (χ0n) is 10.3. The molecule has 1 aromatic heterocycles. The monoisotopic (exact) mass is 348 g/mol. The molecule has 1 N–H and O–H groups in total. The predicted molar refractivity (Wildman–Crippen MR) is 83.4 cm³/mol. The van der Waals surface area contributed by atoms with Gasteiger partial charge in [-0.05, 0) is 42.5 Å². The number of rotatable bonds is 2. The van der Waals surface area contributed by atoms with Gasteiger partial charge in [0.25, 0.3) is 0 Å². The normalized spacial score (nSPS) is 10.7. The summed E-state index contributed by atoms with van der Waals surface area (Å²) in [6.45, 7) is 0. The van der Waals surface area contributed by atoms with Crippen molar-refractivity contribution in [2.45, 2.75) is 0 Å². The van der Waals surface area contributed by atoms with Gasteiger partial charge in [0.15, 0.2) is 0 Å². The first-order valence-corrected chi connectivity index (χ1v) is 7.09. The highest BCUT2D eigenvalue weighted by molar-refractivity contribution is 9.10. The first kappa shape index (κ1) is 13.2. The van der Waals surface area contributed by atoms with Gasteiger partial charge in [0.05, 0.1) is 12.0 Å². The lowest BCUT2D eigenvalue weighted by Gasteiger charge is -2.03. The van der Waals surface area contributed by atoms with Crippen LogP contribution in [-0.4, -0.2) is 14.7 Å². The first-order valence-electron chi connectivity index (χ1n) is 5.92. The number of halogens is 2. The Labute approximate surface area is 129 Å². The number of hydrogen-bond acceptors (Lipinski definition) is 2. The van der Waals surface area contributed by atoms with Gasteiger partial charge in [-0.1, -0.05) is 27.5 Å². The van der Waals surface area contributed by atoms with E-state index in [2.05, 4.69) is 20.9 Å². The van der Waals surface area contributed by atoms with E-state index in [1.54, 1.807) is 18.5 Å². The number of phenols is 1. The highest BCUT2D eigenvalue weighted by Crippen LogP contribution is 2.31. The average molecular weight is 350 g/mol. The number of hydrogen-bond donors (Lipinski definition) is 1. The minimum Gasteiger partial charge on any atom is -0.507 e. The molecule has 3 nitrogen and oxygen atoms in total. The molecule has 0 saturated carbocycles. The Morgan fingerprint density at radius 3 is 2.60 bits per heavy atom. The third-order valence-electron chi connectivity index (χ3n) is 2.94. The summed E-state index contributed by atoms with van der Waals surface area (Å²) in [5, 5.41) is 10.6. The van der Waals surface area contributed by atoms with Crippen LogP contribution in [0.15, 0.2) is 59.5 Å². The van der Waals surface area contributed by atoms with Crippen molar-refractivity contribution in [2.75, 3.05) is 0 Å². The lowest BCUT2D eigenvalue weighted by molar-refractivity contribution is 0.477. The molecule has 1 heterocycles. The van der Waals surface area contributed by atoms with E-state index < -0.39 is 0 Å². The number of phenolic OH excluding ortho intramolecular Hbond substituents is 1. The Hall–Kier alpha value is -1.78. The fourth-order valence-corrected chi connectivity index (χ4v) is 2.42. The third kappa shape index (κ3) is 2.57. The molecule has 0 unspecified atom stereocenters. The zero-order chi connectivity index (χ0) is 14.1. The Bertz CT molecular complexity index is 753. The molecule has 0 amide bonds. The van der Waals surface area contributed by atoms with Gasteiger partial charge in [-0.2, -0.15) is 0 Å². The summed E-state index contributed by atoms with van der Waals surface area (Å²) in [6, 6.07) is 12.7. The molecular weight excluding hydrogens is 340 g/mol.